The third kappa shape index (κ3) is 4.72. The highest BCUT2D eigenvalue weighted by molar-refractivity contribution is 6.08. The molecular weight excluding hydrogens is 456 g/mol. The number of hydrogen-bond acceptors (Lipinski definition) is 5. The van der Waals surface area contributed by atoms with Crippen LogP contribution in [0.1, 0.15) is 74.3 Å². The molecule has 2 aromatic rings. The Balaban J connectivity index is 1.45. The Hall–Kier alpha value is -3.33. The maximum atomic E-state index is 13.5. The first-order chi connectivity index (χ1) is 17.3. The average molecular weight is 491 g/mol. The van der Waals surface area contributed by atoms with Crippen LogP contribution in [0.25, 0.3) is 10.9 Å². The molecule has 1 unspecified atom stereocenters. The highest BCUT2D eigenvalue weighted by atomic mass is 16.2. The highest BCUT2D eigenvalue weighted by Gasteiger charge is 2.30. The van der Waals surface area contributed by atoms with Gasteiger partial charge in [0.1, 0.15) is 0 Å². The molecule has 9 heteroatoms. The Morgan fingerprint density at radius 3 is 2.64 bits per heavy atom. The lowest BCUT2D eigenvalue weighted by Crippen LogP contribution is -2.39. The summed E-state index contributed by atoms with van der Waals surface area (Å²) in [5.74, 6) is -1.24. The van der Waals surface area contributed by atoms with Crippen molar-refractivity contribution in [2.75, 3.05) is 13.1 Å². The van der Waals surface area contributed by atoms with Crippen molar-refractivity contribution in [1.29, 1.82) is 0 Å². The molecule has 190 valence electrons. The molecule has 3 amide bonds. The van der Waals surface area contributed by atoms with Gasteiger partial charge in [-0.3, -0.25) is 24.0 Å². The molecule has 1 aromatic heterocycles. The van der Waals surface area contributed by atoms with Crippen LogP contribution in [-0.2, 0) is 16.1 Å². The van der Waals surface area contributed by atoms with Crippen molar-refractivity contribution in [3.8, 4) is 0 Å². The molecule has 1 saturated carbocycles. The summed E-state index contributed by atoms with van der Waals surface area (Å²) in [5, 5.41) is 8.45. The molecule has 3 N–H and O–H groups in total. The molecule has 1 aromatic carbocycles. The van der Waals surface area contributed by atoms with Gasteiger partial charge in [-0.15, -0.1) is 0 Å². The summed E-state index contributed by atoms with van der Waals surface area (Å²) < 4.78 is 2.06. The van der Waals surface area contributed by atoms with E-state index in [4.69, 9.17) is 5.73 Å². The van der Waals surface area contributed by atoms with Gasteiger partial charge in [-0.25, -0.2) is 4.99 Å². The highest BCUT2D eigenvalue weighted by Crippen LogP contribution is 2.33. The topological polar surface area (TPSA) is 123 Å². The van der Waals surface area contributed by atoms with E-state index >= 15 is 0 Å². The van der Waals surface area contributed by atoms with Crippen molar-refractivity contribution >= 4 is 34.3 Å². The molecule has 2 atom stereocenters. The SMILES string of the molecule is CC1=CC(C)=NC(=O)C1CNC(=O)c1cc(CN2CCC[C@@H]2C(N)=O)cc2c1cnn2C1CCCC1. The van der Waals surface area contributed by atoms with Crippen molar-refractivity contribution < 1.29 is 14.4 Å². The molecule has 36 heavy (non-hydrogen) atoms. The smallest absolute Gasteiger partial charge is 0.254 e. The van der Waals surface area contributed by atoms with Gasteiger partial charge in [-0.05, 0) is 69.8 Å². The second-order valence-corrected chi connectivity index (χ2v) is 10.4. The van der Waals surface area contributed by atoms with E-state index in [1.807, 2.05) is 19.1 Å². The molecule has 3 aliphatic rings. The Morgan fingerprint density at radius 1 is 1.14 bits per heavy atom. The molecular formula is C27H34N6O3. The number of likely N-dealkylation sites (tertiary alicyclic amines) is 1. The number of carbonyl (C=O) groups is 3. The number of nitrogens with two attached hydrogens (primary N) is 1. The Morgan fingerprint density at radius 2 is 1.92 bits per heavy atom. The Labute approximate surface area is 210 Å². The number of dihydropyridines is 1. The Kier molecular flexibility index (Phi) is 6.75. The van der Waals surface area contributed by atoms with E-state index in [1.165, 1.54) is 12.8 Å². The fraction of sp³-hybridized carbons (Fsp3) is 0.519. The summed E-state index contributed by atoms with van der Waals surface area (Å²) in [4.78, 5) is 44.0. The monoisotopic (exact) mass is 490 g/mol. The minimum absolute atomic E-state index is 0.190. The lowest BCUT2D eigenvalue weighted by Gasteiger charge is -2.23. The van der Waals surface area contributed by atoms with Gasteiger partial charge in [0.05, 0.1) is 35.3 Å². The van der Waals surface area contributed by atoms with Gasteiger partial charge in [0, 0.05) is 24.2 Å². The number of hydrogen-bond donors (Lipinski definition) is 2. The molecule has 3 heterocycles. The van der Waals surface area contributed by atoms with E-state index in [-0.39, 0.29) is 30.3 Å². The number of fused-ring (bicyclic) bond motifs is 1. The van der Waals surface area contributed by atoms with Gasteiger partial charge >= 0.3 is 0 Å². The van der Waals surface area contributed by atoms with Crippen LogP contribution >= 0.6 is 0 Å². The van der Waals surface area contributed by atoms with Crippen molar-refractivity contribution in [3.63, 3.8) is 0 Å². The summed E-state index contributed by atoms with van der Waals surface area (Å²) >= 11 is 0. The fourth-order valence-corrected chi connectivity index (χ4v) is 5.94. The van der Waals surface area contributed by atoms with Gasteiger partial charge in [-0.1, -0.05) is 18.4 Å². The van der Waals surface area contributed by atoms with E-state index in [9.17, 15) is 14.4 Å². The van der Waals surface area contributed by atoms with Crippen molar-refractivity contribution in [1.82, 2.24) is 20.0 Å². The summed E-state index contributed by atoms with van der Waals surface area (Å²) in [5.41, 5.74) is 9.64. The number of carbonyl (C=O) groups excluding carboxylic acids is 3. The first-order valence-electron chi connectivity index (χ1n) is 12.9. The van der Waals surface area contributed by atoms with Crippen LogP contribution < -0.4 is 11.1 Å². The van der Waals surface area contributed by atoms with Crippen molar-refractivity contribution in [2.24, 2.45) is 16.6 Å². The van der Waals surface area contributed by atoms with E-state index in [0.29, 0.717) is 23.9 Å². The zero-order valence-corrected chi connectivity index (χ0v) is 21.0. The third-order valence-corrected chi connectivity index (χ3v) is 7.81. The average Bonchev–Trinajstić information content (AvgIpc) is 3.58. The molecule has 9 nitrogen and oxygen atoms in total. The van der Waals surface area contributed by atoms with Crippen LogP contribution in [-0.4, -0.2) is 57.2 Å². The summed E-state index contributed by atoms with van der Waals surface area (Å²) in [6.07, 6.45) is 9.85. The number of primary amides is 1. The first kappa shape index (κ1) is 24.4. The number of rotatable bonds is 7. The van der Waals surface area contributed by atoms with E-state index < -0.39 is 5.92 Å². The van der Waals surface area contributed by atoms with Gasteiger partial charge in [0.15, 0.2) is 0 Å². The number of benzene rings is 1. The number of nitrogens with one attached hydrogen (secondary N) is 1. The van der Waals surface area contributed by atoms with E-state index in [1.54, 1.807) is 13.1 Å². The lowest BCUT2D eigenvalue weighted by molar-refractivity contribution is -0.122. The van der Waals surface area contributed by atoms with Crippen LogP contribution in [0.2, 0.25) is 0 Å². The largest absolute Gasteiger partial charge is 0.368 e. The number of amides is 3. The van der Waals surface area contributed by atoms with Crippen LogP contribution in [0.15, 0.2) is 35.0 Å². The quantitative estimate of drug-likeness (QED) is 0.618. The first-order valence-corrected chi connectivity index (χ1v) is 12.9. The zero-order chi connectivity index (χ0) is 25.4. The minimum Gasteiger partial charge on any atom is -0.368 e. The lowest BCUT2D eigenvalue weighted by atomic mass is 9.95. The minimum atomic E-state index is -0.460. The second-order valence-electron chi connectivity index (χ2n) is 10.4. The number of nitrogens with zero attached hydrogens (tertiary/aromatic N) is 4. The van der Waals surface area contributed by atoms with Crippen LogP contribution in [0.5, 0.6) is 0 Å². The van der Waals surface area contributed by atoms with Crippen LogP contribution in [0, 0.1) is 5.92 Å². The molecule has 0 radical (unpaired) electrons. The van der Waals surface area contributed by atoms with Gasteiger partial charge in [0.25, 0.3) is 11.8 Å². The van der Waals surface area contributed by atoms with Crippen molar-refractivity contribution in [3.05, 3.63) is 41.1 Å². The summed E-state index contributed by atoms with van der Waals surface area (Å²) in [6, 6.07) is 4.03. The van der Waals surface area contributed by atoms with Crippen molar-refractivity contribution in [2.45, 2.75) is 71.0 Å². The zero-order valence-electron chi connectivity index (χ0n) is 21.0. The molecule has 1 saturated heterocycles. The number of aliphatic imine (C=N–C) groups is 1. The number of aromatic nitrogens is 2. The Bertz CT molecular complexity index is 1270. The predicted octanol–water partition coefficient (Wildman–Crippen LogP) is 2.89. The second kappa shape index (κ2) is 9.97. The van der Waals surface area contributed by atoms with E-state index in [2.05, 4.69) is 31.1 Å². The van der Waals surface area contributed by atoms with Crippen LogP contribution in [0.4, 0.5) is 0 Å². The van der Waals surface area contributed by atoms with Gasteiger partial charge in [-0.2, -0.15) is 5.10 Å². The standard InChI is InChI=1S/C27H34N6O3/c1-16-10-17(2)31-27(36)21(16)13-29-26(35)20-11-18(15-32-9-5-8-23(32)25(28)34)12-24-22(20)14-30-33(24)19-6-3-4-7-19/h10-12,14,19,21,23H,3-9,13,15H2,1-2H3,(H2,28,34)(H,29,35)/t21?,23-/m1/s1. The maximum Gasteiger partial charge on any atom is 0.254 e. The third-order valence-electron chi connectivity index (χ3n) is 7.81. The van der Waals surface area contributed by atoms with E-state index in [0.717, 1.165) is 54.3 Å². The molecule has 0 spiro atoms. The summed E-state index contributed by atoms with van der Waals surface area (Å²) in [6.45, 7) is 5.21. The molecule has 1 aliphatic carbocycles. The normalized spacial score (nSPS) is 23.2. The molecule has 0 bridgehead atoms. The maximum absolute atomic E-state index is 13.5. The molecule has 2 aliphatic heterocycles. The molecule has 2 fully saturated rings. The summed E-state index contributed by atoms with van der Waals surface area (Å²) in [7, 11) is 0. The molecule has 5 rings (SSSR count). The fourth-order valence-electron chi connectivity index (χ4n) is 5.94. The predicted molar refractivity (Wildman–Crippen MR) is 138 cm³/mol. The van der Waals surface area contributed by atoms with Gasteiger partial charge < -0.3 is 11.1 Å². The van der Waals surface area contributed by atoms with Crippen LogP contribution in [0.3, 0.4) is 0 Å². The van der Waals surface area contributed by atoms with Gasteiger partial charge in [0.2, 0.25) is 5.91 Å². The number of allylic oxidation sites excluding steroid dienone is 1.